The van der Waals surface area contributed by atoms with E-state index < -0.39 is 0 Å². The number of benzene rings is 2. The van der Waals surface area contributed by atoms with Crippen LogP contribution >= 0.6 is 11.8 Å². The second-order valence-electron chi connectivity index (χ2n) is 7.43. The van der Waals surface area contributed by atoms with E-state index in [1.54, 1.807) is 4.57 Å². The maximum Gasteiger partial charge on any atom is 0.262 e. The fraction of sp³-hybridized carbons (Fsp3) is 0.318. The van der Waals surface area contributed by atoms with Gasteiger partial charge in [0.2, 0.25) is 5.91 Å². The molecular formula is C22H23N3O2S. The minimum Gasteiger partial charge on any atom is -0.325 e. The second kappa shape index (κ2) is 7.80. The minimum atomic E-state index is -0.105. The van der Waals surface area contributed by atoms with Crippen molar-refractivity contribution < 1.29 is 4.79 Å². The molecule has 0 unspecified atom stereocenters. The Morgan fingerprint density at radius 3 is 2.57 bits per heavy atom. The monoisotopic (exact) mass is 393 g/mol. The van der Waals surface area contributed by atoms with Crippen LogP contribution in [0.15, 0.2) is 58.5 Å². The Morgan fingerprint density at radius 1 is 1.18 bits per heavy atom. The largest absolute Gasteiger partial charge is 0.325 e. The van der Waals surface area contributed by atoms with Gasteiger partial charge in [-0.1, -0.05) is 49.9 Å². The quantitative estimate of drug-likeness (QED) is 0.492. The summed E-state index contributed by atoms with van der Waals surface area (Å²) in [5, 5.41) is 4.17. The fourth-order valence-corrected chi connectivity index (χ4v) is 4.03. The van der Waals surface area contributed by atoms with Gasteiger partial charge in [-0.3, -0.25) is 14.2 Å². The number of amides is 1. The smallest absolute Gasteiger partial charge is 0.262 e. The van der Waals surface area contributed by atoms with Crippen molar-refractivity contribution in [3.05, 3.63) is 64.4 Å². The van der Waals surface area contributed by atoms with Crippen molar-refractivity contribution in [2.24, 2.45) is 0 Å². The molecular weight excluding hydrogens is 370 g/mol. The number of aromatic nitrogens is 2. The molecule has 0 aliphatic heterocycles. The number of rotatable bonds is 6. The predicted molar refractivity (Wildman–Crippen MR) is 114 cm³/mol. The lowest BCUT2D eigenvalue weighted by Crippen LogP contribution is -2.23. The van der Waals surface area contributed by atoms with E-state index in [-0.39, 0.29) is 23.3 Å². The van der Waals surface area contributed by atoms with Gasteiger partial charge in [-0.15, -0.1) is 0 Å². The predicted octanol–water partition coefficient (Wildman–Crippen LogP) is 4.59. The highest BCUT2D eigenvalue weighted by molar-refractivity contribution is 7.99. The lowest BCUT2D eigenvalue weighted by atomic mass is 10.0. The number of hydrogen-bond acceptors (Lipinski definition) is 4. The van der Waals surface area contributed by atoms with Crippen LogP contribution in [-0.2, 0) is 4.79 Å². The van der Waals surface area contributed by atoms with Crippen LogP contribution < -0.4 is 10.9 Å². The molecule has 1 N–H and O–H groups in total. The Balaban J connectivity index is 1.50. The summed E-state index contributed by atoms with van der Waals surface area (Å²) >= 11 is 1.32. The molecule has 6 heteroatoms. The van der Waals surface area contributed by atoms with E-state index in [1.165, 1.54) is 17.3 Å². The number of carbonyl (C=O) groups excluding carboxylic acids is 1. The van der Waals surface area contributed by atoms with Gasteiger partial charge < -0.3 is 5.32 Å². The lowest BCUT2D eigenvalue weighted by molar-refractivity contribution is -0.113. The first-order valence-corrected chi connectivity index (χ1v) is 10.6. The third-order valence-corrected chi connectivity index (χ3v) is 5.83. The number of thioether (sulfide) groups is 1. The van der Waals surface area contributed by atoms with Gasteiger partial charge in [-0.2, -0.15) is 0 Å². The molecule has 3 aromatic rings. The summed E-state index contributed by atoms with van der Waals surface area (Å²) in [4.78, 5) is 29.9. The maximum absolute atomic E-state index is 12.9. The van der Waals surface area contributed by atoms with Crippen LogP contribution in [0, 0.1) is 0 Å². The molecule has 1 aliphatic rings. The Hall–Kier alpha value is -2.60. The number of fused-ring (bicyclic) bond motifs is 1. The van der Waals surface area contributed by atoms with Gasteiger partial charge in [0.1, 0.15) is 0 Å². The summed E-state index contributed by atoms with van der Waals surface area (Å²) in [6.45, 7) is 4.28. The first kappa shape index (κ1) is 18.7. The molecule has 28 heavy (non-hydrogen) atoms. The average Bonchev–Trinajstić information content (AvgIpc) is 3.52. The summed E-state index contributed by atoms with van der Waals surface area (Å²) in [5.41, 5.74) is 2.68. The van der Waals surface area contributed by atoms with Crippen LogP contribution in [0.5, 0.6) is 0 Å². The van der Waals surface area contributed by atoms with E-state index in [1.807, 2.05) is 48.5 Å². The molecule has 5 nitrogen and oxygen atoms in total. The first-order chi connectivity index (χ1) is 13.5. The van der Waals surface area contributed by atoms with E-state index in [9.17, 15) is 9.59 Å². The SMILES string of the molecule is CC(C)c1ccc(NC(=O)CSc2nc3ccccc3c(=O)n2C2CC2)cc1. The van der Waals surface area contributed by atoms with Crippen molar-refractivity contribution in [3.63, 3.8) is 0 Å². The standard InChI is InChI=1S/C22H23N3O2S/c1-14(2)15-7-9-16(10-8-15)23-20(26)13-28-22-24-19-6-4-3-5-18(19)21(27)25(22)17-11-12-17/h3-10,14,17H,11-13H2,1-2H3,(H,23,26). The van der Waals surface area contributed by atoms with Crippen LogP contribution in [-0.4, -0.2) is 21.2 Å². The van der Waals surface area contributed by atoms with E-state index >= 15 is 0 Å². The van der Waals surface area contributed by atoms with E-state index in [4.69, 9.17) is 0 Å². The van der Waals surface area contributed by atoms with Gasteiger partial charge in [-0.25, -0.2) is 4.98 Å². The van der Waals surface area contributed by atoms with Crippen molar-refractivity contribution in [3.8, 4) is 0 Å². The molecule has 2 aromatic carbocycles. The van der Waals surface area contributed by atoms with Crippen LogP contribution in [0.3, 0.4) is 0 Å². The van der Waals surface area contributed by atoms with Gasteiger partial charge in [0.25, 0.3) is 5.56 Å². The zero-order valence-corrected chi connectivity index (χ0v) is 16.8. The van der Waals surface area contributed by atoms with Gasteiger partial charge >= 0.3 is 0 Å². The lowest BCUT2D eigenvalue weighted by Gasteiger charge is -2.12. The van der Waals surface area contributed by atoms with Crippen LogP contribution in [0.1, 0.15) is 44.2 Å². The van der Waals surface area contributed by atoms with Crippen molar-refractivity contribution in [1.29, 1.82) is 0 Å². The highest BCUT2D eigenvalue weighted by Gasteiger charge is 2.28. The molecule has 0 bridgehead atoms. The fourth-order valence-electron chi connectivity index (χ4n) is 3.16. The zero-order chi connectivity index (χ0) is 19.7. The van der Waals surface area contributed by atoms with E-state index in [0.29, 0.717) is 22.0 Å². The highest BCUT2D eigenvalue weighted by atomic mass is 32.2. The van der Waals surface area contributed by atoms with E-state index in [0.717, 1.165) is 18.5 Å². The molecule has 0 spiro atoms. The molecule has 1 fully saturated rings. The maximum atomic E-state index is 12.9. The van der Waals surface area contributed by atoms with E-state index in [2.05, 4.69) is 24.1 Å². The number of anilines is 1. The Bertz CT molecular complexity index is 1070. The number of nitrogens with zero attached hydrogens (tertiary/aromatic N) is 2. The molecule has 1 aromatic heterocycles. The number of carbonyl (C=O) groups is 1. The van der Waals surface area contributed by atoms with Gasteiger partial charge in [0.05, 0.1) is 16.7 Å². The number of hydrogen-bond donors (Lipinski definition) is 1. The number of nitrogens with one attached hydrogen (secondary N) is 1. The summed E-state index contributed by atoms with van der Waals surface area (Å²) < 4.78 is 1.76. The normalized spacial score (nSPS) is 13.8. The third kappa shape index (κ3) is 3.97. The Labute approximate surface area is 168 Å². The average molecular weight is 394 g/mol. The summed E-state index contributed by atoms with van der Waals surface area (Å²) in [6.07, 6.45) is 1.98. The molecule has 0 atom stereocenters. The first-order valence-electron chi connectivity index (χ1n) is 9.57. The second-order valence-corrected chi connectivity index (χ2v) is 8.37. The molecule has 4 rings (SSSR count). The Morgan fingerprint density at radius 2 is 1.89 bits per heavy atom. The van der Waals surface area contributed by atoms with Gasteiger partial charge in [0.15, 0.2) is 5.16 Å². The van der Waals surface area contributed by atoms with Crippen molar-refractivity contribution in [2.75, 3.05) is 11.1 Å². The van der Waals surface area contributed by atoms with Crippen LogP contribution in [0.4, 0.5) is 5.69 Å². The molecule has 0 radical (unpaired) electrons. The summed E-state index contributed by atoms with van der Waals surface area (Å²) in [5.74, 6) is 0.564. The minimum absolute atomic E-state index is 0.0136. The Kier molecular flexibility index (Phi) is 5.22. The topological polar surface area (TPSA) is 64.0 Å². The van der Waals surface area contributed by atoms with Gasteiger partial charge in [-0.05, 0) is 48.6 Å². The molecule has 144 valence electrons. The van der Waals surface area contributed by atoms with Crippen molar-refractivity contribution in [2.45, 2.75) is 43.8 Å². The molecule has 1 heterocycles. The molecule has 0 saturated heterocycles. The van der Waals surface area contributed by atoms with Crippen molar-refractivity contribution >= 4 is 34.3 Å². The summed E-state index contributed by atoms with van der Waals surface area (Å²) in [7, 11) is 0. The van der Waals surface area contributed by atoms with Gasteiger partial charge in [0, 0.05) is 11.7 Å². The molecule has 1 aliphatic carbocycles. The zero-order valence-electron chi connectivity index (χ0n) is 16.0. The van der Waals surface area contributed by atoms with Crippen LogP contribution in [0.25, 0.3) is 10.9 Å². The number of para-hydroxylation sites is 1. The highest BCUT2D eigenvalue weighted by Crippen LogP contribution is 2.36. The molecule has 1 amide bonds. The summed E-state index contributed by atoms with van der Waals surface area (Å²) in [6, 6.07) is 15.5. The third-order valence-electron chi connectivity index (χ3n) is 4.88. The van der Waals surface area contributed by atoms with Crippen molar-refractivity contribution in [1.82, 2.24) is 9.55 Å². The molecule has 1 saturated carbocycles. The van der Waals surface area contributed by atoms with Crippen LogP contribution in [0.2, 0.25) is 0 Å².